The summed E-state index contributed by atoms with van der Waals surface area (Å²) in [4.78, 5) is 0. The highest BCUT2D eigenvalue weighted by Gasteiger charge is 2.34. The van der Waals surface area contributed by atoms with E-state index >= 15 is 0 Å². The third kappa shape index (κ3) is 2.11. The molecule has 0 saturated carbocycles. The maximum absolute atomic E-state index is 9.21. The van der Waals surface area contributed by atoms with Crippen molar-refractivity contribution in [1.29, 1.82) is 0 Å². The Morgan fingerprint density at radius 3 is 2.55 bits per heavy atom. The fourth-order valence-corrected chi connectivity index (χ4v) is 0.783. The summed E-state index contributed by atoms with van der Waals surface area (Å²) in [5.41, 5.74) is 0. The molecule has 5 heteroatoms. The van der Waals surface area contributed by atoms with Crippen molar-refractivity contribution in [1.82, 2.24) is 0 Å². The van der Waals surface area contributed by atoms with E-state index in [1.165, 1.54) is 0 Å². The van der Waals surface area contributed by atoms with E-state index in [0.29, 0.717) is 0 Å². The zero-order valence-corrected chi connectivity index (χ0v) is 6.06. The Balaban J connectivity index is 2.35. The van der Waals surface area contributed by atoms with E-state index in [9.17, 15) is 5.11 Å². The second-order valence-electron chi connectivity index (χ2n) is 2.53. The smallest absolute Gasteiger partial charge is 0.213 e. The summed E-state index contributed by atoms with van der Waals surface area (Å²) in [6.45, 7) is -0.630. The van der Waals surface area contributed by atoms with Gasteiger partial charge in [0, 0.05) is 0 Å². The minimum atomic E-state index is -1.58. The van der Waals surface area contributed by atoms with E-state index in [4.69, 9.17) is 19.7 Å². The van der Waals surface area contributed by atoms with Gasteiger partial charge < -0.3 is 24.8 Å². The molecule has 0 bridgehead atoms. The van der Waals surface area contributed by atoms with Gasteiger partial charge in [0.25, 0.3) is 0 Å². The monoisotopic (exact) mass is 164 g/mol. The van der Waals surface area contributed by atoms with Gasteiger partial charge >= 0.3 is 0 Å². The number of rotatable bonds is 2. The Bertz CT molecular complexity index is 118. The number of ether oxygens (including phenoxy) is 2. The van der Waals surface area contributed by atoms with Crippen molar-refractivity contribution in [2.75, 3.05) is 26.4 Å². The second-order valence-corrected chi connectivity index (χ2v) is 2.53. The summed E-state index contributed by atoms with van der Waals surface area (Å²) < 4.78 is 9.79. The number of aliphatic hydroxyl groups is 3. The van der Waals surface area contributed by atoms with Crippen molar-refractivity contribution in [2.24, 2.45) is 0 Å². The molecule has 0 spiro atoms. The molecule has 0 radical (unpaired) electrons. The molecule has 1 heterocycles. The molecular weight excluding hydrogens is 152 g/mol. The normalized spacial score (nSPS) is 39.0. The lowest BCUT2D eigenvalue weighted by molar-refractivity contribution is -0.302. The molecule has 1 aliphatic heterocycles. The molecule has 11 heavy (non-hydrogen) atoms. The summed E-state index contributed by atoms with van der Waals surface area (Å²) in [5, 5.41) is 26.4. The van der Waals surface area contributed by atoms with E-state index in [1.54, 1.807) is 0 Å². The van der Waals surface area contributed by atoms with Crippen LogP contribution in [0.1, 0.15) is 0 Å². The maximum atomic E-state index is 9.21. The first-order valence-electron chi connectivity index (χ1n) is 3.40. The Hall–Kier alpha value is -0.200. The highest BCUT2D eigenvalue weighted by Crippen LogP contribution is 2.14. The summed E-state index contributed by atoms with van der Waals surface area (Å²) in [7, 11) is 0. The maximum Gasteiger partial charge on any atom is 0.213 e. The quantitative estimate of drug-likeness (QED) is 0.443. The molecule has 66 valence electrons. The molecule has 2 unspecified atom stereocenters. The Kier molecular flexibility index (Phi) is 2.80. The second kappa shape index (κ2) is 3.46. The summed E-state index contributed by atoms with van der Waals surface area (Å²) in [6.07, 6.45) is -0.387. The van der Waals surface area contributed by atoms with Crippen LogP contribution in [0.25, 0.3) is 0 Å². The van der Waals surface area contributed by atoms with E-state index < -0.39 is 12.4 Å². The van der Waals surface area contributed by atoms with Crippen LogP contribution >= 0.6 is 0 Å². The highest BCUT2D eigenvalue weighted by atomic mass is 16.7. The first-order valence-corrected chi connectivity index (χ1v) is 3.40. The average Bonchev–Trinajstić information content (AvgIpc) is 2.06. The van der Waals surface area contributed by atoms with Gasteiger partial charge in [-0.1, -0.05) is 0 Å². The summed E-state index contributed by atoms with van der Waals surface area (Å²) >= 11 is 0. The highest BCUT2D eigenvalue weighted by molar-refractivity contribution is 4.72. The van der Waals surface area contributed by atoms with Gasteiger partial charge in [-0.05, 0) is 0 Å². The lowest BCUT2D eigenvalue weighted by Crippen LogP contribution is -2.50. The molecule has 0 aromatic carbocycles. The number of hydrogen-bond acceptors (Lipinski definition) is 5. The van der Waals surface area contributed by atoms with Crippen molar-refractivity contribution < 1.29 is 24.8 Å². The van der Waals surface area contributed by atoms with Crippen LogP contribution in [0.2, 0.25) is 0 Å². The van der Waals surface area contributed by atoms with Crippen LogP contribution in [-0.4, -0.2) is 53.6 Å². The van der Waals surface area contributed by atoms with Crippen molar-refractivity contribution in [3.05, 3.63) is 0 Å². The molecule has 1 rings (SSSR count). The predicted octanol–water partition coefficient (Wildman–Crippen LogP) is -1.92. The Morgan fingerprint density at radius 2 is 2.18 bits per heavy atom. The van der Waals surface area contributed by atoms with Crippen LogP contribution in [0.5, 0.6) is 0 Å². The van der Waals surface area contributed by atoms with E-state index in [2.05, 4.69) is 0 Å². The fraction of sp³-hybridized carbons (Fsp3) is 1.00. The molecule has 0 amide bonds. The molecule has 5 nitrogen and oxygen atoms in total. The van der Waals surface area contributed by atoms with Gasteiger partial charge in [-0.3, -0.25) is 0 Å². The molecule has 2 atom stereocenters. The lowest BCUT2D eigenvalue weighted by Gasteiger charge is -2.33. The van der Waals surface area contributed by atoms with Gasteiger partial charge in [0.1, 0.15) is 12.7 Å². The van der Waals surface area contributed by atoms with Crippen molar-refractivity contribution in [3.8, 4) is 0 Å². The van der Waals surface area contributed by atoms with E-state index in [0.717, 1.165) is 0 Å². The van der Waals surface area contributed by atoms with Crippen LogP contribution in [0.15, 0.2) is 0 Å². The molecule has 1 fully saturated rings. The largest absolute Gasteiger partial charge is 0.394 e. The summed E-state index contributed by atoms with van der Waals surface area (Å²) in [6, 6.07) is 0. The van der Waals surface area contributed by atoms with Gasteiger partial charge in [-0.2, -0.15) is 0 Å². The van der Waals surface area contributed by atoms with Crippen LogP contribution in [0, 0.1) is 0 Å². The van der Waals surface area contributed by atoms with Gasteiger partial charge in [0.15, 0.2) is 0 Å². The molecule has 1 aliphatic rings. The number of aliphatic hydroxyl groups excluding tert-OH is 2. The van der Waals surface area contributed by atoms with Crippen molar-refractivity contribution in [3.63, 3.8) is 0 Å². The zero-order chi connectivity index (χ0) is 8.32. The number of hydrogen-bond donors (Lipinski definition) is 3. The van der Waals surface area contributed by atoms with Gasteiger partial charge in [-0.15, -0.1) is 0 Å². The van der Waals surface area contributed by atoms with Crippen LogP contribution in [0.4, 0.5) is 0 Å². The van der Waals surface area contributed by atoms with Crippen LogP contribution in [0.3, 0.4) is 0 Å². The predicted molar refractivity (Wildman–Crippen MR) is 34.8 cm³/mol. The van der Waals surface area contributed by atoms with Crippen molar-refractivity contribution >= 4 is 0 Å². The average molecular weight is 164 g/mol. The van der Waals surface area contributed by atoms with Crippen LogP contribution < -0.4 is 0 Å². The van der Waals surface area contributed by atoms with Gasteiger partial charge in [0.05, 0.1) is 19.8 Å². The SMILES string of the molecule is OCC1COC(O)(CO)CO1. The Labute approximate surface area is 64.2 Å². The first-order chi connectivity index (χ1) is 5.20. The molecule has 3 N–H and O–H groups in total. The molecule has 1 saturated heterocycles. The molecule has 0 aromatic rings. The van der Waals surface area contributed by atoms with Gasteiger partial charge in [0.2, 0.25) is 5.79 Å². The van der Waals surface area contributed by atoms with Gasteiger partial charge in [-0.25, -0.2) is 0 Å². The van der Waals surface area contributed by atoms with Crippen molar-refractivity contribution in [2.45, 2.75) is 11.9 Å². The minimum absolute atomic E-state index is 0.102. The Morgan fingerprint density at radius 1 is 1.45 bits per heavy atom. The third-order valence-corrected chi connectivity index (χ3v) is 1.53. The van der Waals surface area contributed by atoms with E-state index in [-0.39, 0.29) is 25.9 Å². The fourth-order valence-electron chi connectivity index (χ4n) is 0.783. The molecule has 0 aromatic heterocycles. The minimum Gasteiger partial charge on any atom is -0.394 e. The van der Waals surface area contributed by atoms with Crippen LogP contribution in [-0.2, 0) is 9.47 Å². The molecule has 0 aliphatic carbocycles. The third-order valence-electron chi connectivity index (χ3n) is 1.53. The zero-order valence-electron chi connectivity index (χ0n) is 6.06. The lowest BCUT2D eigenvalue weighted by atomic mass is 10.2. The summed E-state index contributed by atoms with van der Waals surface area (Å²) in [5.74, 6) is -1.58. The molecular formula is C6H12O5. The topological polar surface area (TPSA) is 79.2 Å². The standard InChI is InChI=1S/C6H12O5/c7-1-5-2-11-6(9,3-8)4-10-5/h5,7-9H,1-4H2. The van der Waals surface area contributed by atoms with E-state index in [1.807, 2.05) is 0 Å². The first kappa shape index (κ1) is 8.89.